The summed E-state index contributed by atoms with van der Waals surface area (Å²) >= 11 is 0. The van der Waals surface area contributed by atoms with Crippen molar-refractivity contribution in [2.75, 3.05) is 26.7 Å². The highest BCUT2D eigenvalue weighted by Crippen LogP contribution is 2.33. The molecule has 7 nitrogen and oxygen atoms in total. The third-order valence-corrected chi connectivity index (χ3v) is 6.09. The zero-order chi connectivity index (χ0) is 20.8. The molecule has 3 rings (SSSR count). The molecule has 2 amide bonds. The van der Waals surface area contributed by atoms with Gasteiger partial charge in [0.05, 0.1) is 6.04 Å². The Bertz CT molecular complexity index is 771. The van der Waals surface area contributed by atoms with E-state index in [0.29, 0.717) is 30.9 Å². The summed E-state index contributed by atoms with van der Waals surface area (Å²) in [5, 5.41) is 2.54. The Morgan fingerprint density at radius 3 is 2.69 bits per heavy atom. The van der Waals surface area contributed by atoms with E-state index in [-0.39, 0.29) is 18.2 Å². The minimum absolute atomic E-state index is 0.135. The molecule has 2 aliphatic rings. The van der Waals surface area contributed by atoms with Crippen molar-refractivity contribution in [3.63, 3.8) is 0 Å². The van der Waals surface area contributed by atoms with Crippen LogP contribution in [-0.4, -0.2) is 66.9 Å². The third kappa shape index (κ3) is 4.90. The van der Waals surface area contributed by atoms with Gasteiger partial charge in [0.2, 0.25) is 5.91 Å². The zero-order valence-electron chi connectivity index (χ0n) is 16.9. The minimum atomic E-state index is -0.586. The highest BCUT2D eigenvalue weighted by Gasteiger charge is 2.33. The van der Waals surface area contributed by atoms with Crippen LogP contribution in [0.25, 0.3) is 0 Å². The van der Waals surface area contributed by atoms with Crippen LogP contribution in [0.4, 0.5) is 0 Å². The van der Waals surface area contributed by atoms with Crippen LogP contribution in [0.2, 0.25) is 0 Å². The normalized spacial score (nSPS) is 18.4. The van der Waals surface area contributed by atoms with Crippen molar-refractivity contribution in [3.8, 4) is 0 Å². The molecule has 156 valence electrons. The van der Waals surface area contributed by atoms with Gasteiger partial charge in [-0.25, -0.2) is 0 Å². The van der Waals surface area contributed by atoms with E-state index in [4.69, 9.17) is 0 Å². The fourth-order valence-corrected chi connectivity index (χ4v) is 4.31. The molecule has 0 saturated carbocycles. The SMILES string of the molecule is CNC(=O)CCC(C=O)N1Cc2cc(C3CCN(CCC=O)CC3)ccc2C1=O. The molecule has 2 heterocycles. The van der Waals surface area contributed by atoms with Gasteiger partial charge < -0.3 is 24.7 Å². The highest BCUT2D eigenvalue weighted by atomic mass is 16.2. The van der Waals surface area contributed by atoms with Gasteiger partial charge in [-0.05, 0) is 55.5 Å². The number of nitrogens with zero attached hydrogens (tertiary/aromatic N) is 2. The maximum absolute atomic E-state index is 12.8. The van der Waals surface area contributed by atoms with Crippen molar-refractivity contribution < 1.29 is 19.2 Å². The monoisotopic (exact) mass is 399 g/mol. The molecule has 1 aromatic carbocycles. The smallest absolute Gasteiger partial charge is 0.255 e. The van der Waals surface area contributed by atoms with E-state index < -0.39 is 6.04 Å². The van der Waals surface area contributed by atoms with E-state index >= 15 is 0 Å². The summed E-state index contributed by atoms with van der Waals surface area (Å²) in [7, 11) is 1.56. The van der Waals surface area contributed by atoms with Crippen molar-refractivity contribution in [2.24, 2.45) is 0 Å². The van der Waals surface area contributed by atoms with Gasteiger partial charge in [0.1, 0.15) is 12.6 Å². The molecule has 0 aliphatic carbocycles. The number of hydrogen-bond acceptors (Lipinski definition) is 5. The Morgan fingerprint density at radius 2 is 2.03 bits per heavy atom. The largest absolute Gasteiger partial charge is 0.359 e. The van der Waals surface area contributed by atoms with Crippen LogP contribution in [0.3, 0.4) is 0 Å². The first-order chi connectivity index (χ1) is 14.1. The minimum Gasteiger partial charge on any atom is -0.359 e. The molecule has 1 aromatic rings. The van der Waals surface area contributed by atoms with E-state index in [1.165, 1.54) is 5.56 Å². The number of carbonyl (C=O) groups excluding carboxylic acids is 4. The van der Waals surface area contributed by atoms with Gasteiger partial charge in [-0.15, -0.1) is 0 Å². The van der Waals surface area contributed by atoms with Crippen molar-refractivity contribution in [3.05, 3.63) is 34.9 Å². The fourth-order valence-electron chi connectivity index (χ4n) is 4.31. The molecule has 0 bridgehead atoms. The Hall–Kier alpha value is -2.54. The molecule has 1 atom stereocenters. The molecule has 2 aliphatic heterocycles. The summed E-state index contributed by atoms with van der Waals surface area (Å²) in [6.07, 6.45) is 4.94. The van der Waals surface area contributed by atoms with Gasteiger partial charge in [0.15, 0.2) is 0 Å². The topological polar surface area (TPSA) is 86.8 Å². The average Bonchev–Trinajstić information content (AvgIpc) is 3.08. The number of amides is 2. The Balaban J connectivity index is 1.64. The average molecular weight is 399 g/mol. The van der Waals surface area contributed by atoms with Crippen molar-refractivity contribution >= 4 is 24.4 Å². The highest BCUT2D eigenvalue weighted by molar-refractivity contribution is 5.99. The van der Waals surface area contributed by atoms with Gasteiger partial charge in [0, 0.05) is 38.5 Å². The second kappa shape index (κ2) is 9.78. The van der Waals surface area contributed by atoms with E-state index in [1.807, 2.05) is 12.1 Å². The quantitative estimate of drug-likeness (QED) is 0.636. The lowest BCUT2D eigenvalue weighted by Gasteiger charge is -2.31. The summed E-state index contributed by atoms with van der Waals surface area (Å²) in [5.41, 5.74) is 2.85. The summed E-state index contributed by atoms with van der Waals surface area (Å²) in [4.78, 5) is 50.3. The molecule has 0 aromatic heterocycles. The van der Waals surface area contributed by atoms with Gasteiger partial charge in [-0.2, -0.15) is 0 Å². The predicted molar refractivity (Wildman–Crippen MR) is 109 cm³/mol. The van der Waals surface area contributed by atoms with Crippen LogP contribution in [-0.2, 0) is 20.9 Å². The summed E-state index contributed by atoms with van der Waals surface area (Å²) in [5.74, 6) is 0.180. The molecule has 1 N–H and O–H groups in total. The van der Waals surface area contributed by atoms with Crippen LogP contribution < -0.4 is 5.32 Å². The fraction of sp³-hybridized carbons (Fsp3) is 0.545. The predicted octanol–water partition coefficient (Wildman–Crippen LogP) is 1.50. The van der Waals surface area contributed by atoms with Crippen LogP contribution in [0.15, 0.2) is 18.2 Å². The first-order valence-electron chi connectivity index (χ1n) is 10.3. The standard InChI is InChI=1S/C22H29N3O4/c1-23-21(28)6-4-19(15-27)25-14-18-13-17(3-5-20(18)22(25)29)16-7-10-24(11-8-16)9-2-12-26/h3,5,12-13,15-16,19H,2,4,6-11,14H2,1H3,(H,23,28). The Morgan fingerprint density at radius 1 is 1.28 bits per heavy atom. The third-order valence-electron chi connectivity index (χ3n) is 6.09. The first-order valence-corrected chi connectivity index (χ1v) is 10.3. The molecule has 0 radical (unpaired) electrons. The number of rotatable bonds is 9. The number of benzene rings is 1. The van der Waals surface area contributed by atoms with Crippen LogP contribution in [0, 0.1) is 0 Å². The van der Waals surface area contributed by atoms with Crippen LogP contribution >= 0.6 is 0 Å². The second-order valence-corrected chi connectivity index (χ2v) is 7.84. The number of carbonyl (C=O) groups is 4. The Kier molecular flexibility index (Phi) is 7.14. The van der Waals surface area contributed by atoms with Crippen molar-refractivity contribution in [1.29, 1.82) is 0 Å². The lowest BCUT2D eigenvalue weighted by Crippen LogP contribution is -2.37. The maximum atomic E-state index is 12.8. The maximum Gasteiger partial charge on any atom is 0.255 e. The molecular formula is C22H29N3O4. The summed E-state index contributed by atoms with van der Waals surface area (Å²) in [6, 6.07) is 5.44. The Labute approximate surface area is 171 Å². The van der Waals surface area contributed by atoms with Crippen molar-refractivity contribution in [1.82, 2.24) is 15.1 Å². The van der Waals surface area contributed by atoms with Crippen LogP contribution in [0.1, 0.15) is 59.5 Å². The molecular weight excluding hydrogens is 370 g/mol. The van der Waals surface area contributed by atoms with E-state index in [9.17, 15) is 19.2 Å². The molecule has 7 heteroatoms. The number of fused-ring (bicyclic) bond motifs is 1. The number of aldehydes is 2. The number of likely N-dealkylation sites (tertiary alicyclic amines) is 1. The molecule has 29 heavy (non-hydrogen) atoms. The van der Waals surface area contributed by atoms with Crippen molar-refractivity contribution in [2.45, 2.75) is 50.6 Å². The van der Waals surface area contributed by atoms with Gasteiger partial charge >= 0.3 is 0 Å². The van der Waals surface area contributed by atoms with E-state index in [2.05, 4.69) is 16.3 Å². The molecule has 0 spiro atoms. The van der Waals surface area contributed by atoms with E-state index in [1.54, 1.807) is 11.9 Å². The van der Waals surface area contributed by atoms with E-state index in [0.717, 1.165) is 50.6 Å². The lowest BCUT2D eigenvalue weighted by atomic mass is 9.88. The van der Waals surface area contributed by atoms with Gasteiger partial charge in [-0.3, -0.25) is 9.59 Å². The second-order valence-electron chi connectivity index (χ2n) is 7.84. The van der Waals surface area contributed by atoms with Crippen LogP contribution in [0.5, 0.6) is 0 Å². The molecule has 1 fully saturated rings. The van der Waals surface area contributed by atoms with Gasteiger partial charge in [0.25, 0.3) is 5.91 Å². The number of piperidine rings is 1. The number of nitrogens with one attached hydrogen (secondary N) is 1. The molecule has 1 unspecified atom stereocenters. The van der Waals surface area contributed by atoms with Gasteiger partial charge in [-0.1, -0.05) is 12.1 Å². The lowest BCUT2D eigenvalue weighted by molar-refractivity contribution is -0.121. The zero-order valence-corrected chi connectivity index (χ0v) is 16.9. The number of hydrogen-bond donors (Lipinski definition) is 1. The summed E-state index contributed by atoms with van der Waals surface area (Å²) in [6.45, 7) is 3.20. The summed E-state index contributed by atoms with van der Waals surface area (Å²) < 4.78 is 0. The molecule has 1 saturated heterocycles. The first kappa shape index (κ1) is 21.2.